The van der Waals surface area contributed by atoms with Gasteiger partial charge in [0.2, 0.25) is 0 Å². The van der Waals surface area contributed by atoms with Gasteiger partial charge in [0, 0.05) is 18.4 Å². The van der Waals surface area contributed by atoms with Gasteiger partial charge < -0.3 is 35.5 Å². The zero-order chi connectivity index (χ0) is 23.3. The van der Waals surface area contributed by atoms with Crippen molar-refractivity contribution >= 4 is 34.8 Å². The van der Waals surface area contributed by atoms with E-state index in [2.05, 4.69) is 25.9 Å². The van der Waals surface area contributed by atoms with Crippen LogP contribution >= 0.6 is 11.6 Å². The fraction of sp³-hybridized carbons (Fsp3) is 0.190. The third kappa shape index (κ3) is 4.76. The van der Waals surface area contributed by atoms with E-state index in [9.17, 15) is 14.7 Å². The van der Waals surface area contributed by atoms with Gasteiger partial charge in [-0.15, -0.1) is 0 Å². The minimum absolute atomic E-state index is 0.0863. The van der Waals surface area contributed by atoms with Crippen LogP contribution in [0.1, 0.15) is 32.8 Å². The Morgan fingerprint density at radius 3 is 2.38 bits per heavy atom. The number of carbonyl (C=O) groups excluding carboxylic acids is 2. The maximum absolute atomic E-state index is 12.7. The van der Waals surface area contributed by atoms with Crippen LogP contribution in [-0.4, -0.2) is 48.2 Å². The third-order valence-electron chi connectivity index (χ3n) is 4.56. The molecule has 0 spiro atoms. The third-order valence-corrected chi connectivity index (χ3v) is 4.94. The Kier molecular flexibility index (Phi) is 7.18. The number of benzene rings is 2. The molecule has 0 aliphatic rings. The average molecular weight is 460 g/mol. The van der Waals surface area contributed by atoms with Crippen LogP contribution in [0, 0.1) is 0 Å². The van der Waals surface area contributed by atoms with Crippen LogP contribution in [-0.2, 0) is 0 Å². The molecule has 0 fully saturated rings. The maximum atomic E-state index is 12.7. The number of imidazole rings is 1. The quantitative estimate of drug-likeness (QED) is 0.326. The Labute approximate surface area is 188 Å². The molecule has 10 nitrogen and oxygen atoms in total. The molecule has 0 bridgehead atoms. The van der Waals surface area contributed by atoms with E-state index in [4.69, 9.17) is 21.1 Å². The molecule has 5 N–H and O–H groups in total. The van der Waals surface area contributed by atoms with Gasteiger partial charge in [-0.05, 0) is 36.4 Å². The molecule has 1 heterocycles. The highest BCUT2D eigenvalue weighted by Gasteiger charge is 2.20. The lowest BCUT2D eigenvalue weighted by molar-refractivity contribution is 0.0951. The minimum atomic E-state index is -1.20. The van der Waals surface area contributed by atoms with Gasteiger partial charge in [0.1, 0.15) is 0 Å². The number of aromatic amines is 1. The van der Waals surface area contributed by atoms with Gasteiger partial charge in [0.25, 0.3) is 11.8 Å². The Balaban J connectivity index is 1.70. The summed E-state index contributed by atoms with van der Waals surface area (Å²) in [6.45, 7) is 0. The van der Waals surface area contributed by atoms with Gasteiger partial charge in [-0.25, -0.2) is 4.98 Å². The standard InChI is InChI=1S/C21H22ClN5O5/c1-23-20(29)16-17(25-10-24-16)21(30)27-12-6-4-11(5-7-12)26-19(28)13-8-9-14(31-2)18(32-3)15(13)22/h4-10,21,27,30H,1-3H3,(H,23,29)(H,24,25)(H,26,28). The summed E-state index contributed by atoms with van der Waals surface area (Å²) >= 11 is 6.29. The number of aliphatic hydroxyl groups excluding tert-OH is 1. The highest BCUT2D eigenvalue weighted by molar-refractivity contribution is 6.36. The molecule has 0 saturated heterocycles. The molecule has 168 valence electrons. The van der Waals surface area contributed by atoms with Crippen molar-refractivity contribution in [1.82, 2.24) is 15.3 Å². The first-order chi connectivity index (χ1) is 15.4. The second kappa shape index (κ2) is 10.0. The van der Waals surface area contributed by atoms with E-state index in [-0.39, 0.29) is 27.7 Å². The van der Waals surface area contributed by atoms with Crippen molar-refractivity contribution in [2.24, 2.45) is 0 Å². The first-order valence-corrected chi connectivity index (χ1v) is 9.79. The van der Waals surface area contributed by atoms with Crippen LogP contribution in [0.3, 0.4) is 0 Å². The van der Waals surface area contributed by atoms with Crippen molar-refractivity contribution in [2.45, 2.75) is 6.23 Å². The number of halogens is 1. The predicted molar refractivity (Wildman–Crippen MR) is 120 cm³/mol. The normalized spacial score (nSPS) is 11.4. The van der Waals surface area contributed by atoms with Crippen molar-refractivity contribution in [3.05, 3.63) is 64.7 Å². The van der Waals surface area contributed by atoms with Crippen LogP contribution in [0.2, 0.25) is 5.02 Å². The first-order valence-electron chi connectivity index (χ1n) is 9.41. The van der Waals surface area contributed by atoms with Crippen LogP contribution in [0.4, 0.5) is 11.4 Å². The predicted octanol–water partition coefficient (Wildman–Crippen LogP) is 2.80. The summed E-state index contributed by atoms with van der Waals surface area (Å²) in [5.41, 5.74) is 1.60. The van der Waals surface area contributed by atoms with Gasteiger partial charge in [-0.3, -0.25) is 9.59 Å². The van der Waals surface area contributed by atoms with Crippen molar-refractivity contribution in [1.29, 1.82) is 0 Å². The number of rotatable bonds is 8. The molecule has 0 aliphatic heterocycles. The number of hydrogen-bond donors (Lipinski definition) is 5. The summed E-state index contributed by atoms with van der Waals surface area (Å²) in [6, 6.07) is 9.74. The average Bonchev–Trinajstić information content (AvgIpc) is 3.29. The summed E-state index contributed by atoms with van der Waals surface area (Å²) < 4.78 is 10.4. The monoisotopic (exact) mass is 459 g/mol. The van der Waals surface area contributed by atoms with E-state index < -0.39 is 18.0 Å². The molecule has 0 radical (unpaired) electrons. The number of methoxy groups -OCH3 is 2. The topological polar surface area (TPSA) is 138 Å². The number of hydrogen-bond acceptors (Lipinski definition) is 7. The van der Waals surface area contributed by atoms with Crippen molar-refractivity contribution in [2.75, 3.05) is 31.9 Å². The number of aliphatic hydroxyl groups is 1. The van der Waals surface area contributed by atoms with Gasteiger partial charge in [-0.2, -0.15) is 0 Å². The summed E-state index contributed by atoms with van der Waals surface area (Å²) in [5, 5.41) is 18.6. The summed E-state index contributed by atoms with van der Waals surface area (Å²) in [5.74, 6) is -0.163. The smallest absolute Gasteiger partial charge is 0.271 e. The first kappa shape index (κ1) is 22.9. The van der Waals surface area contributed by atoms with Gasteiger partial charge in [0.05, 0.1) is 36.8 Å². The Morgan fingerprint density at radius 2 is 1.75 bits per heavy atom. The van der Waals surface area contributed by atoms with E-state index in [1.165, 1.54) is 27.6 Å². The number of anilines is 2. The van der Waals surface area contributed by atoms with Crippen molar-refractivity contribution < 1.29 is 24.2 Å². The van der Waals surface area contributed by atoms with E-state index in [1.54, 1.807) is 36.4 Å². The van der Waals surface area contributed by atoms with E-state index in [0.717, 1.165) is 0 Å². The van der Waals surface area contributed by atoms with Crippen LogP contribution in [0.5, 0.6) is 11.5 Å². The number of carbonyl (C=O) groups is 2. The number of H-pyrrole nitrogens is 1. The van der Waals surface area contributed by atoms with Crippen LogP contribution in [0.15, 0.2) is 42.7 Å². The summed E-state index contributed by atoms with van der Waals surface area (Å²) in [4.78, 5) is 31.1. The molecular weight excluding hydrogens is 438 g/mol. The number of amides is 2. The molecule has 2 amide bonds. The summed E-state index contributed by atoms with van der Waals surface area (Å²) in [6.07, 6.45) is 0.124. The number of nitrogens with zero attached hydrogens (tertiary/aromatic N) is 1. The van der Waals surface area contributed by atoms with Gasteiger partial charge in [-0.1, -0.05) is 11.6 Å². The van der Waals surface area contributed by atoms with Crippen LogP contribution in [0.25, 0.3) is 0 Å². The van der Waals surface area contributed by atoms with Crippen molar-refractivity contribution in [3.8, 4) is 11.5 Å². The minimum Gasteiger partial charge on any atom is -0.493 e. The van der Waals surface area contributed by atoms with Gasteiger partial charge >= 0.3 is 0 Å². The fourth-order valence-corrected chi connectivity index (χ4v) is 3.27. The molecule has 1 unspecified atom stereocenters. The summed E-state index contributed by atoms with van der Waals surface area (Å²) in [7, 11) is 4.39. The second-order valence-electron chi connectivity index (χ2n) is 6.48. The zero-order valence-corrected chi connectivity index (χ0v) is 18.3. The number of aromatic nitrogens is 2. The van der Waals surface area contributed by atoms with Gasteiger partial charge in [0.15, 0.2) is 23.4 Å². The molecule has 3 aromatic rings. The molecule has 11 heteroatoms. The Bertz CT molecular complexity index is 1120. The molecule has 0 aliphatic carbocycles. The molecule has 3 rings (SSSR count). The molecule has 1 atom stereocenters. The largest absolute Gasteiger partial charge is 0.493 e. The highest BCUT2D eigenvalue weighted by atomic mass is 35.5. The Hall–Kier alpha value is -3.76. The fourth-order valence-electron chi connectivity index (χ4n) is 2.95. The molecule has 2 aromatic carbocycles. The van der Waals surface area contributed by atoms with Crippen LogP contribution < -0.4 is 25.4 Å². The maximum Gasteiger partial charge on any atom is 0.271 e. The lowest BCUT2D eigenvalue weighted by atomic mass is 10.1. The Morgan fingerprint density at radius 1 is 1.06 bits per heavy atom. The molecule has 32 heavy (non-hydrogen) atoms. The zero-order valence-electron chi connectivity index (χ0n) is 17.5. The SMILES string of the molecule is CNC(=O)c1nc[nH]c1C(O)Nc1ccc(NC(=O)c2ccc(OC)c(OC)c2Cl)cc1. The van der Waals surface area contributed by atoms with Crippen molar-refractivity contribution in [3.63, 3.8) is 0 Å². The van der Waals surface area contributed by atoms with E-state index in [0.29, 0.717) is 17.1 Å². The molecule has 1 aromatic heterocycles. The van der Waals surface area contributed by atoms with E-state index >= 15 is 0 Å². The molecular formula is C21H22ClN5O5. The number of nitrogens with one attached hydrogen (secondary N) is 4. The van der Waals surface area contributed by atoms with E-state index in [1.807, 2.05) is 0 Å². The lowest BCUT2D eigenvalue weighted by Crippen LogP contribution is -2.22. The molecule has 0 saturated carbocycles. The lowest BCUT2D eigenvalue weighted by Gasteiger charge is -2.15. The highest BCUT2D eigenvalue weighted by Crippen LogP contribution is 2.37. The number of ether oxygens (including phenoxy) is 2. The second-order valence-corrected chi connectivity index (χ2v) is 6.86.